The van der Waals surface area contributed by atoms with Crippen LogP contribution in [-0.4, -0.2) is 59.9 Å². The summed E-state index contributed by atoms with van der Waals surface area (Å²) in [5, 5.41) is 45.0. The summed E-state index contributed by atoms with van der Waals surface area (Å²) in [6, 6.07) is 0. The molecule has 0 aromatic rings. The van der Waals surface area contributed by atoms with Crippen LogP contribution in [0.4, 0.5) is 0 Å². The second kappa shape index (κ2) is 6.58. The Morgan fingerprint density at radius 3 is 1.76 bits per heavy atom. The zero-order chi connectivity index (χ0) is 13.8. The van der Waals surface area contributed by atoms with Crippen molar-refractivity contribution in [3.63, 3.8) is 0 Å². The van der Waals surface area contributed by atoms with E-state index in [1.165, 1.54) is 6.92 Å². The lowest BCUT2D eigenvalue weighted by Gasteiger charge is -2.26. The average molecular weight is 272 g/mol. The number of rotatable bonds is 6. The lowest BCUT2D eigenvalue weighted by atomic mass is 9.96. The van der Waals surface area contributed by atoms with Crippen molar-refractivity contribution in [1.82, 2.24) is 0 Å². The summed E-state index contributed by atoms with van der Waals surface area (Å²) >= 11 is 0. The van der Waals surface area contributed by atoms with E-state index in [1.54, 1.807) is 0 Å². The Morgan fingerprint density at radius 2 is 1.41 bits per heavy atom. The third-order valence-electron chi connectivity index (χ3n) is 2.13. The van der Waals surface area contributed by atoms with Crippen LogP contribution in [0, 0.1) is 5.92 Å². The Hall–Kier alpha value is -0.310. The van der Waals surface area contributed by atoms with Gasteiger partial charge < -0.3 is 35.3 Å². The molecular formula is C8H17O8P. The second-order valence-electron chi connectivity index (χ2n) is 3.68. The van der Waals surface area contributed by atoms with Gasteiger partial charge in [-0.2, -0.15) is 0 Å². The molecule has 4 atom stereocenters. The first-order valence-corrected chi connectivity index (χ1v) is 6.39. The van der Waals surface area contributed by atoms with Crippen molar-refractivity contribution in [2.24, 2.45) is 5.92 Å². The molecule has 0 heterocycles. The number of hydrogen-bond acceptors (Lipinski definition) is 6. The van der Waals surface area contributed by atoms with Crippen molar-refractivity contribution >= 4 is 7.60 Å². The van der Waals surface area contributed by atoms with Crippen LogP contribution in [0.5, 0.6) is 0 Å². The normalized spacial score (nSPS) is 20.5. The van der Waals surface area contributed by atoms with Gasteiger partial charge in [0.1, 0.15) is 12.2 Å². The molecule has 0 rings (SSSR count). The Bertz CT molecular complexity index is 298. The molecule has 0 radical (unpaired) electrons. The highest BCUT2D eigenvalue weighted by Gasteiger charge is 2.31. The van der Waals surface area contributed by atoms with Gasteiger partial charge in [-0.1, -0.05) is 13.0 Å². The largest absolute Gasteiger partial charge is 0.390 e. The molecule has 9 heteroatoms. The van der Waals surface area contributed by atoms with E-state index < -0.39 is 38.1 Å². The van der Waals surface area contributed by atoms with Gasteiger partial charge in [-0.15, -0.1) is 0 Å². The van der Waals surface area contributed by atoms with Gasteiger partial charge in [-0.25, -0.2) is 0 Å². The fourth-order valence-corrected chi connectivity index (χ4v) is 1.55. The molecule has 0 bridgehead atoms. The molecule has 8 nitrogen and oxygen atoms in total. The molecule has 2 unspecified atom stereocenters. The first-order valence-electron chi connectivity index (χ1n) is 4.71. The van der Waals surface area contributed by atoms with Crippen LogP contribution in [0.1, 0.15) is 6.92 Å². The summed E-state index contributed by atoms with van der Waals surface area (Å²) in [5.74, 6) is -0.346. The van der Waals surface area contributed by atoms with Crippen LogP contribution < -0.4 is 0 Å². The molecule has 0 saturated heterocycles. The Morgan fingerprint density at radius 1 is 0.941 bits per heavy atom. The lowest BCUT2D eigenvalue weighted by Crippen LogP contribution is -2.46. The summed E-state index contributed by atoms with van der Waals surface area (Å²) < 4.78 is 10.5. The maximum atomic E-state index is 10.5. The minimum absolute atomic E-state index is 0.551. The Balaban J connectivity index is 4.55. The highest BCUT2D eigenvalue weighted by Crippen LogP contribution is 2.36. The molecule has 0 spiro atoms. The fraction of sp³-hybridized carbons (Fsp3) is 0.750. The van der Waals surface area contributed by atoms with Crippen LogP contribution in [0.3, 0.4) is 0 Å². The summed E-state index contributed by atoms with van der Waals surface area (Å²) in [6.07, 6.45) is -6.69. The van der Waals surface area contributed by atoms with Gasteiger partial charge in [0, 0.05) is 11.7 Å². The molecule has 0 aliphatic heterocycles. The molecule has 0 aliphatic carbocycles. The number of hydrogen-bond donors (Lipinski definition) is 7. The van der Waals surface area contributed by atoms with E-state index in [-0.39, 0.29) is 0 Å². The van der Waals surface area contributed by atoms with E-state index >= 15 is 0 Å². The lowest BCUT2D eigenvalue weighted by molar-refractivity contribution is -0.180. The second-order valence-corrected chi connectivity index (χ2v) is 5.15. The highest BCUT2D eigenvalue weighted by atomic mass is 31.2. The fourth-order valence-electron chi connectivity index (χ4n) is 1.05. The minimum atomic E-state index is -4.37. The van der Waals surface area contributed by atoms with Crippen LogP contribution in [0.15, 0.2) is 11.9 Å². The Labute approximate surface area is 97.6 Å². The SMILES string of the molecule is CC(/C=C/P(=O)(O)O)[C@@H](O)C(O)[C@@H](O)C(O)O. The van der Waals surface area contributed by atoms with Crippen molar-refractivity contribution < 1.29 is 39.9 Å². The van der Waals surface area contributed by atoms with E-state index in [0.717, 1.165) is 6.08 Å². The van der Waals surface area contributed by atoms with Crippen molar-refractivity contribution in [3.05, 3.63) is 11.9 Å². The molecule has 0 amide bonds. The topological polar surface area (TPSA) is 159 Å². The van der Waals surface area contributed by atoms with Crippen LogP contribution in [-0.2, 0) is 4.57 Å². The quantitative estimate of drug-likeness (QED) is 0.210. The molecule has 0 aromatic heterocycles. The van der Waals surface area contributed by atoms with E-state index in [0.29, 0.717) is 5.82 Å². The zero-order valence-corrected chi connectivity index (χ0v) is 9.92. The van der Waals surface area contributed by atoms with Crippen LogP contribution >= 0.6 is 7.60 Å². The van der Waals surface area contributed by atoms with E-state index in [9.17, 15) is 14.8 Å². The number of aliphatic hydroxyl groups excluding tert-OH is 4. The van der Waals surface area contributed by atoms with Gasteiger partial charge in [0.2, 0.25) is 0 Å². The van der Waals surface area contributed by atoms with E-state index in [4.69, 9.17) is 25.1 Å². The van der Waals surface area contributed by atoms with Gasteiger partial charge >= 0.3 is 7.60 Å². The molecule has 0 saturated carbocycles. The van der Waals surface area contributed by atoms with E-state index in [1.807, 2.05) is 0 Å². The summed E-state index contributed by atoms with van der Waals surface area (Å²) in [7, 11) is -4.37. The third kappa shape index (κ3) is 6.25. The van der Waals surface area contributed by atoms with Crippen LogP contribution in [0.25, 0.3) is 0 Å². The summed E-state index contributed by atoms with van der Waals surface area (Å²) in [6.45, 7) is 1.33. The Kier molecular flexibility index (Phi) is 6.46. The predicted octanol–water partition coefficient (Wildman–Crippen LogP) is -2.29. The van der Waals surface area contributed by atoms with Crippen LogP contribution in [0.2, 0.25) is 0 Å². The summed E-state index contributed by atoms with van der Waals surface area (Å²) in [4.78, 5) is 17.1. The molecule has 102 valence electrons. The molecule has 0 aromatic carbocycles. The third-order valence-corrected chi connectivity index (χ3v) is 2.69. The van der Waals surface area contributed by atoms with Gasteiger partial charge in [-0.3, -0.25) is 4.57 Å². The van der Waals surface area contributed by atoms with Gasteiger partial charge in [0.15, 0.2) is 6.29 Å². The smallest absolute Gasteiger partial charge is 0.348 e. The molecule has 17 heavy (non-hydrogen) atoms. The number of aliphatic hydroxyl groups is 5. The maximum absolute atomic E-state index is 10.5. The minimum Gasteiger partial charge on any atom is -0.390 e. The average Bonchev–Trinajstić information content (AvgIpc) is 2.21. The maximum Gasteiger partial charge on any atom is 0.348 e. The van der Waals surface area contributed by atoms with Crippen molar-refractivity contribution in [2.75, 3.05) is 0 Å². The molecule has 0 fully saturated rings. The van der Waals surface area contributed by atoms with Crippen molar-refractivity contribution in [2.45, 2.75) is 31.5 Å². The van der Waals surface area contributed by atoms with Gasteiger partial charge in [-0.05, 0) is 0 Å². The monoisotopic (exact) mass is 272 g/mol. The standard InChI is InChI=1S/C8H17O8P/c1-4(2-3-17(14,15)16)5(9)6(10)7(11)8(12)13/h2-13H,1H3,(H2,14,15,16)/b3-2+/t4?,5-,6?,7-/m1/s1. The highest BCUT2D eigenvalue weighted by molar-refractivity contribution is 7.55. The molecule has 7 N–H and O–H groups in total. The van der Waals surface area contributed by atoms with Gasteiger partial charge in [0.05, 0.1) is 6.10 Å². The predicted molar refractivity (Wildman–Crippen MR) is 56.6 cm³/mol. The van der Waals surface area contributed by atoms with E-state index in [2.05, 4.69) is 0 Å². The van der Waals surface area contributed by atoms with Crippen molar-refractivity contribution in [3.8, 4) is 0 Å². The summed E-state index contributed by atoms with van der Waals surface area (Å²) in [5.41, 5.74) is 0. The molecular weight excluding hydrogens is 255 g/mol. The zero-order valence-electron chi connectivity index (χ0n) is 9.03. The first kappa shape index (κ1) is 16.7. The first-order chi connectivity index (χ1) is 7.56. The van der Waals surface area contributed by atoms with Gasteiger partial charge in [0.25, 0.3) is 0 Å². The van der Waals surface area contributed by atoms with Crippen molar-refractivity contribution in [1.29, 1.82) is 0 Å². The molecule has 0 aliphatic rings.